The molecule has 16 heavy (non-hydrogen) atoms. The topological polar surface area (TPSA) is 3.24 Å². The summed E-state index contributed by atoms with van der Waals surface area (Å²) in [5, 5.41) is 0. The summed E-state index contributed by atoms with van der Waals surface area (Å²) in [6.07, 6.45) is 0. The average molecular weight is 217 g/mol. The van der Waals surface area contributed by atoms with Crippen LogP contribution in [0.25, 0.3) is 0 Å². The number of rotatable bonds is 5. The highest BCUT2D eigenvalue weighted by molar-refractivity contribution is 5.28. The van der Waals surface area contributed by atoms with Crippen molar-refractivity contribution >= 4 is 0 Å². The van der Waals surface area contributed by atoms with Crippen molar-refractivity contribution in [2.45, 2.75) is 34.2 Å². The molecule has 0 amide bonds. The smallest absolute Gasteiger partial charge is 0.0237 e. The largest absolute Gasteiger partial charge is 0.295 e. The summed E-state index contributed by atoms with van der Waals surface area (Å²) in [5.41, 5.74) is 5.33. The number of likely N-dealkylation sites (N-methyl/N-ethyl adjacent to an activating group) is 1. The molecule has 1 rings (SSSR count). The molecular weight excluding hydrogens is 194 g/mol. The number of hydrogen-bond donors (Lipinski definition) is 0. The molecule has 0 aliphatic carbocycles. The van der Waals surface area contributed by atoms with Gasteiger partial charge < -0.3 is 0 Å². The van der Waals surface area contributed by atoms with Gasteiger partial charge in [0, 0.05) is 13.1 Å². The Hall–Kier alpha value is -1.08. The van der Waals surface area contributed by atoms with E-state index in [-0.39, 0.29) is 0 Å². The van der Waals surface area contributed by atoms with Gasteiger partial charge in [-0.2, -0.15) is 0 Å². The minimum Gasteiger partial charge on any atom is -0.295 e. The molecule has 1 aromatic carbocycles. The number of benzene rings is 1. The Morgan fingerprint density at radius 2 is 1.75 bits per heavy atom. The first-order valence-electron chi connectivity index (χ1n) is 5.95. The summed E-state index contributed by atoms with van der Waals surface area (Å²) in [6.45, 7) is 15.7. The molecule has 0 atom stereocenters. The van der Waals surface area contributed by atoms with Gasteiger partial charge in [-0.3, -0.25) is 4.90 Å². The quantitative estimate of drug-likeness (QED) is 0.680. The maximum Gasteiger partial charge on any atom is 0.0237 e. The molecule has 0 aliphatic rings. The molecule has 88 valence electrons. The molecule has 0 heterocycles. The van der Waals surface area contributed by atoms with Crippen LogP contribution in [-0.4, -0.2) is 18.0 Å². The van der Waals surface area contributed by atoms with Crippen molar-refractivity contribution in [3.63, 3.8) is 0 Å². The second-order valence-electron chi connectivity index (χ2n) is 4.76. The van der Waals surface area contributed by atoms with E-state index >= 15 is 0 Å². The van der Waals surface area contributed by atoms with E-state index in [2.05, 4.69) is 57.4 Å². The zero-order valence-electron chi connectivity index (χ0n) is 11.0. The highest BCUT2D eigenvalue weighted by Gasteiger charge is 2.04. The van der Waals surface area contributed by atoms with Gasteiger partial charge in [-0.25, -0.2) is 0 Å². The van der Waals surface area contributed by atoms with Crippen LogP contribution < -0.4 is 0 Å². The minimum absolute atomic E-state index is 0.990. The third-order valence-corrected chi connectivity index (χ3v) is 2.63. The summed E-state index contributed by atoms with van der Waals surface area (Å²) in [5.74, 6) is 0. The minimum atomic E-state index is 0.990. The van der Waals surface area contributed by atoms with Crippen molar-refractivity contribution in [3.8, 4) is 0 Å². The number of aryl methyl sites for hydroxylation is 2. The highest BCUT2D eigenvalue weighted by Crippen LogP contribution is 2.12. The first-order valence-corrected chi connectivity index (χ1v) is 5.95. The van der Waals surface area contributed by atoms with Crippen molar-refractivity contribution < 1.29 is 0 Å². The van der Waals surface area contributed by atoms with E-state index in [4.69, 9.17) is 0 Å². The van der Waals surface area contributed by atoms with Crippen LogP contribution in [0.3, 0.4) is 0 Å². The molecule has 1 nitrogen and oxygen atoms in total. The van der Waals surface area contributed by atoms with Crippen molar-refractivity contribution in [1.29, 1.82) is 0 Å². The maximum atomic E-state index is 3.98. The van der Waals surface area contributed by atoms with Crippen LogP contribution in [0.2, 0.25) is 0 Å². The molecule has 1 aromatic rings. The number of nitrogens with zero attached hydrogens (tertiary/aromatic N) is 1. The molecule has 0 N–H and O–H groups in total. The fourth-order valence-corrected chi connectivity index (χ4v) is 2.08. The Balaban J connectivity index is 2.73. The Labute approximate surface area is 99.8 Å². The Morgan fingerprint density at radius 1 is 1.19 bits per heavy atom. The lowest BCUT2D eigenvalue weighted by Crippen LogP contribution is -2.24. The van der Waals surface area contributed by atoms with E-state index in [0.717, 1.165) is 19.6 Å². The van der Waals surface area contributed by atoms with Crippen LogP contribution in [0.15, 0.2) is 30.4 Å². The van der Waals surface area contributed by atoms with E-state index in [1.54, 1.807) is 0 Å². The van der Waals surface area contributed by atoms with Crippen LogP contribution in [-0.2, 0) is 6.54 Å². The van der Waals surface area contributed by atoms with Crippen LogP contribution in [0, 0.1) is 13.8 Å². The summed E-state index contributed by atoms with van der Waals surface area (Å²) in [4.78, 5) is 2.41. The van der Waals surface area contributed by atoms with Crippen LogP contribution in [0.4, 0.5) is 0 Å². The van der Waals surface area contributed by atoms with E-state index < -0.39 is 0 Å². The summed E-state index contributed by atoms with van der Waals surface area (Å²) in [7, 11) is 0. The normalized spacial score (nSPS) is 10.8. The third kappa shape index (κ3) is 4.19. The standard InChI is InChI=1S/C15H23N/c1-6-16(10-12(2)3)11-15-8-13(4)7-14(5)9-15/h7-9H,2,6,10-11H2,1,3-5H3. The Kier molecular flexibility index (Phi) is 4.75. The molecule has 0 saturated carbocycles. The second kappa shape index (κ2) is 5.86. The van der Waals surface area contributed by atoms with Gasteiger partial charge in [0.05, 0.1) is 0 Å². The van der Waals surface area contributed by atoms with Crippen molar-refractivity contribution in [1.82, 2.24) is 4.90 Å². The molecule has 0 aliphatic heterocycles. The lowest BCUT2D eigenvalue weighted by molar-refractivity contribution is 0.304. The zero-order chi connectivity index (χ0) is 12.1. The van der Waals surface area contributed by atoms with Gasteiger partial charge in [0.2, 0.25) is 0 Å². The van der Waals surface area contributed by atoms with Crippen molar-refractivity contribution in [3.05, 3.63) is 47.0 Å². The van der Waals surface area contributed by atoms with E-state index in [0.29, 0.717) is 0 Å². The first kappa shape index (κ1) is 13.0. The molecule has 0 bridgehead atoms. The van der Waals surface area contributed by atoms with Crippen LogP contribution in [0.5, 0.6) is 0 Å². The fourth-order valence-electron chi connectivity index (χ4n) is 2.08. The van der Waals surface area contributed by atoms with Gasteiger partial charge in [0.25, 0.3) is 0 Å². The lowest BCUT2D eigenvalue weighted by Gasteiger charge is -2.21. The van der Waals surface area contributed by atoms with Gasteiger partial charge in [-0.05, 0) is 32.9 Å². The predicted molar refractivity (Wildman–Crippen MR) is 71.7 cm³/mol. The molecule has 0 unspecified atom stereocenters. The molecule has 1 heteroatoms. The third-order valence-electron chi connectivity index (χ3n) is 2.63. The van der Waals surface area contributed by atoms with Gasteiger partial charge in [0.1, 0.15) is 0 Å². The molecule has 0 fully saturated rings. The van der Waals surface area contributed by atoms with Gasteiger partial charge >= 0.3 is 0 Å². The van der Waals surface area contributed by atoms with Crippen LogP contribution in [0.1, 0.15) is 30.5 Å². The molecule has 0 saturated heterocycles. The van der Waals surface area contributed by atoms with E-state index in [1.165, 1.54) is 22.3 Å². The second-order valence-corrected chi connectivity index (χ2v) is 4.76. The van der Waals surface area contributed by atoms with Crippen LogP contribution >= 0.6 is 0 Å². The molecule has 0 radical (unpaired) electrons. The Bertz CT molecular complexity index is 345. The highest BCUT2D eigenvalue weighted by atomic mass is 15.1. The summed E-state index contributed by atoms with van der Waals surface area (Å²) >= 11 is 0. The fraction of sp³-hybridized carbons (Fsp3) is 0.467. The van der Waals surface area contributed by atoms with Gasteiger partial charge in [0.15, 0.2) is 0 Å². The Morgan fingerprint density at radius 3 is 2.19 bits per heavy atom. The van der Waals surface area contributed by atoms with Crippen molar-refractivity contribution in [2.75, 3.05) is 13.1 Å². The summed E-state index contributed by atoms with van der Waals surface area (Å²) in [6, 6.07) is 6.76. The van der Waals surface area contributed by atoms with E-state index in [1.807, 2.05) is 0 Å². The SMILES string of the molecule is C=C(C)CN(CC)Cc1cc(C)cc(C)c1. The average Bonchev–Trinajstić information content (AvgIpc) is 2.14. The first-order chi connectivity index (χ1) is 7.51. The lowest BCUT2D eigenvalue weighted by atomic mass is 10.1. The van der Waals surface area contributed by atoms with E-state index in [9.17, 15) is 0 Å². The van der Waals surface area contributed by atoms with Crippen molar-refractivity contribution in [2.24, 2.45) is 0 Å². The predicted octanol–water partition coefficient (Wildman–Crippen LogP) is 3.70. The number of hydrogen-bond acceptors (Lipinski definition) is 1. The maximum absolute atomic E-state index is 3.98. The summed E-state index contributed by atoms with van der Waals surface area (Å²) < 4.78 is 0. The molecular formula is C15H23N. The monoisotopic (exact) mass is 217 g/mol. The zero-order valence-corrected chi connectivity index (χ0v) is 11.0. The van der Waals surface area contributed by atoms with Gasteiger partial charge in [-0.1, -0.05) is 48.4 Å². The van der Waals surface area contributed by atoms with Gasteiger partial charge in [-0.15, -0.1) is 0 Å². The molecule has 0 spiro atoms. The molecule has 0 aromatic heterocycles.